The summed E-state index contributed by atoms with van der Waals surface area (Å²) in [7, 11) is -1.84. The zero-order valence-corrected chi connectivity index (χ0v) is 17.8. The monoisotopic (exact) mass is 369 g/mol. The third-order valence-electron chi connectivity index (χ3n) is 2.00. The Morgan fingerprint density at radius 2 is 1.08 bits per heavy atom. The first-order valence-corrected chi connectivity index (χ1v) is 10.5. The Morgan fingerprint density at radius 1 is 0.800 bits per heavy atom. The molecule has 0 aliphatic carbocycles. The van der Waals surface area contributed by atoms with Gasteiger partial charge >= 0.3 is 0 Å². The first-order valence-electron chi connectivity index (χ1n) is 8.64. The molecule has 0 amide bonds. The number of benzene rings is 1. The molecule has 0 aliphatic heterocycles. The van der Waals surface area contributed by atoms with E-state index in [4.69, 9.17) is 0 Å². The lowest BCUT2D eigenvalue weighted by molar-refractivity contribution is 0.599. The second kappa shape index (κ2) is 20.1. The van der Waals surface area contributed by atoms with Crippen molar-refractivity contribution in [3.63, 3.8) is 0 Å². The van der Waals surface area contributed by atoms with Gasteiger partial charge in [-0.15, -0.1) is 0 Å². The molecule has 2 aromatic rings. The molecule has 6 heteroatoms. The summed E-state index contributed by atoms with van der Waals surface area (Å²) in [5.74, 6) is 0.181. The van der Waals surface area contributed by atoms with E-state index in [2.05, 4.69) is 23.8 Å². The molecule has 144 valence electrons. The van der Waals surface area contributed by atoms with E-state index in [0.717, 1.165) is 10.6 Å². The van der Waals surface area contributed by atoms with Gasteiger partial charge in [-0.05, 0) is 6.07 Å². The Bertz CT molecular complexity index is 535. The summed E-state index contributed by atoms with van der Waals surface area (Å²) in [4.78, 5) is 7.56. The van der Waals surface area contributed by atoms with Gasteiger partial charge in [0.25, 0.3) is 0 Å². The fourth-order valence-electron chi connectivity index (χ4n) is 0.987. The predicted octanol–water partition coefficient (Wildman–Crippen LogP) is 5.03. The van der Waals surface area contributed by atoms with Gasteiger partial charge in [0.15, 0.2) is 0 Å². The molecule has 0 spiro atoms. The van der Waals surface area contributed by atoms with E-state index in [-0.39, 0.29) is 5.95 Å². The molecule has 2 rings (SSSR count). The minimum Gasteiger partial charge on any atom is -0.241 e. The van der Waals surface area contributed by atoms with Crippen molar-refractivity contribution in [2.45, 2.75) is 48.0 Å². The average molecular weight is 370 g/mol. The zero-order valence-electron chi connectivity index (χ0n) is 17.0. The summed E-state index contributed by atoms with van der Waals surface area (Å²) in [6.07, 6.45) is 5.33. The van der Waals surface area contributed by atoms with Crippen molar-refractivity contribution in [2.24, 2.45) is 0 Å². The Hall–Kier alpha value is -1.95. The standard InChI is InChI=1S/C6H9N3O2S.C6H6.C3H8.2C2H6/c1-9(12(2,10)11)6-7-4-3-5-8-6;1-2-4-6-5-3-1;1-3-2;2*1-2/h3-5H,1-2H3;1-6H;3H2,1-2H3;2*1-2H3. The average Bonchev–Trinajstić information content (AvgIpc) is 2.67. The van der Waals surface area contributed by atoms with Gasteiger partial charge in [-0.1, -0.05) is 84.4 Å². The third kappa shape index (κ3) is 18.2. The van der Waals surface area contributed by atoms with Crippen molar-refractivity contribution in [2.75, 3.05) is 17.6 Å². The van der Waals surface area contributed by atoms with Crippen LogP contribution in [0.15, 0.2) is 54.9 Å². The molecule has 0 bridgehead atoms. The number of sulfonamides is 1. The summed E-state index contributed by atoms with van der Waals surface area (Å²) in [5, 5.41) is 0. The second-order valence-electron chi connectivity index (χ2n) is 4.14. The smallest absolute Gasteiger partial charge is 0.238 e. The molecular weight excluding hydrogens is 334 g/mol. The normalized spacial score (nSPS) is 8.48. The van der Waals surface area contributed by atoms with Crippen LogP contribution in [-0.2, 0) is 10.0 Å². The van der Waals surface area contributed by atoms with Crippen LogP contribution in [0, 0.1) is 0 Å². The van der Waals surface area contributed by atoms with Crippen LogP contribution in [0.1, 0.15) is 48.0 Å². The minimum absolute atomic E-state index is 0.181. The van der Waals surface area contributed by atoms with E-state index in [1.54, 1.807) is 6.07 Å². The molecule has 0 radical (unpaired) electrons. The lowest BCUT2D eigenvalue weighted by Crippen LogP contribution is -2.26. The van der Waals surface area contributed by atoms with Crippen LogP contribution >= 0.6 is 0 Å². The van der Waals surface area contributed by atoms with Crippen molar-refractivity contribution in [1.82, 2.24) is 9.97 Å². The van der Waals surface area contributed by atoms with E-state index < -0.39 is 10.0 Å². The SMILES string of the molecule is CC.CC.CCC.CN(c1ncccn1)S(C)(=O)=O.c1ccccc1. The van der Waals surface area contributed by atoms with Gasteiger partial charge in [0.05, 0.1) is 6.26 Å². The molecular formula is C19H35N3O2S. The van der Waals surface area contributed by atoms with Crippen LogP contribution in [0.3, 0.4) is 0 Å². The first kappa shape index (κ1) is 27.9. The van der Waals surface area contributed by atoms with Gasteiger partial charge in [-0.25, -0.2) is 22.7 Å². The van der Waals surface area contributed by atoms with Gasteiger partial charge in [0.1, 0.15) is 0 Å². The van der Waals surface area contributed by atoms with E-state index in [1.165, 1.54) is 25.9 Å². The van der Waals surface area contributed by atoms with Crippen LogP contribution in [0.2, 0.25) is 0 Å². The Morgan fingerprint density at radius 3 is 1.32 bits per heavy atom. The molecule has 5 nitrogen and oxygen atoms in total. The van der Waals surface area contributed by atoms with Crippen molar-refractivity contribution in [1.29, 1.82) is 0 Å². The molecule has 0 unspecified atom stereocenters. The highest BCUT2D eigenvalue weighted by Gasteiger charge is 2.12. The maximum Gasteiger partial charge on any atom is 0.238 e. The minimum atomic E-state index is -3.25. The van der Waals surface area contributed by atoms with Crippen LogP contribution in [0.4, 0.5) is 5.95 Å². The summed E-state index contributed by atoms with van der Waals surface area (Å²) < 4.78 is 23.0. The lowest BCUT2D eigenvalue weighted by Gasteiger charge is -2.12. The molecule has 0 aliphatic rings. The number of rotatable bonds is 2. The molecule has 0 N–H and O–H groups in total. The van der Waals surface area contributed by atoms with Crippen molar-refractivity contribution >= 4 is 16.0 Å². The molecule has 0 saturated heterocycles. The van der Waals surface area contributed by atoms with Gasteiger partial charge in [-0.3, -0.25) is 0 Å². The fourth-order valence-corrected chi connectivity index (χ4v) is 1.38. The predicted molar refractivity (Wildman–Crippen MR) is 110 cm³/mol. The maximum absolute atomic E-state index is 11.0. The molecule has 1 aromatic heterocycles. The Kier molecular flexibility index (Phi) is 22.4. The van der Waals surface area contributed by atoms with Gasteiger partial charge in [0, 0.05) is 19.4 Å². The van der Waals surface area contributed by atoms with E-state index >= 15 is 0 Å². The number of hydrogen-bond donors (Lipinski definition) is 0. The highest BCUT2D eigenvalue weighted by Crippen LogP contribution is 2.05. The van der Waals surface area contributed by atoms with Crippen molar-refractivity contribution < 1.29 is 8.42 Å². The molecule has 25 heavy (non-hydrogen) atoms. The fraction of sp³-hybridized carbons (Fsp3) is 0.474. The second-order valence-corrected chi connectivity index (χ2v) is 6.15. The third-order valence-corrected chi connectivity index (χ3v) is 3.16. The number of anilines is 1. The number of nitrogens with zero attached hydrogens (tertiary/aromatic N) is 3. The topological polar surface area (TPSA) is 63.2 Å². The molecule has 1 heterocycles. The maximum atomic E-state index is 11.0. The summed E-state index contributed by atoms with van der Waals surface area (Å²) >= 11 is 0. The largest absolute Gasteiger partial charge is 0.241 e. The number of aromatic nitrogens is 2. The van der Waals surface area contributed by atoms with E-state index in [0.29, 0.717) is 0 Å². The van der Waals surface area contributed by atoms with Crippen LogP contribution in [-0.4, -0.2) is 31.7 Å². The first-order chi connectivity index (χ1) is 11.9. The quantitative estimate of drug-likeness (QED) is 0.745. The Balaban J connectivity index is -0.000000312. The van der Waals surface area contributed by atoms with Crippen LogP contribution < -0.4 is 4.31 Å². The summed E-state index contributed by atoms with van der Waals surface area (Å²) in [5.41, 5.74) is 0. The van der Waals surface area contributed by atoms with E-state index in [9.17, 15) is 8.42 Å². The van der Waals surface area contributed by atoms with Crippen LogP contribution in [0.5, 0.6) is 0 Å². The van der Waals surface area contributed by atoms with Crippen molar-refractivity contribution in [3.8, 4) is 0 Å². The summed E-state index contributed by atoms with van der Waals surface area (Å²) in [6, 6.07) is 13.6. The van der Waals surface area contributed by atoms with E-state index in [1.807, 2.05) is 64.1 Å². The highest BCUT2D eigenvalue weighted by molar-refractivity contribution is 7.92. The molecule has 1 aromatic carbocycles. The molecule has 0 saturated carbocycles. The van der Waals surface area contributed by atoms with Gasteiger partial charge in [0.2, 0.25) is 16.0 Å². The van der Waals surface area contributed by atoms with Gasteiger partial charge in [-0.2, -0.15) is 0 Å². The Labute approximate surface area is 155 Å². The van der Waals surface area contributed by atoms with Gasteiger partial charge < -0.3 is 0 Å². The zero-order chi connectivity index (χ0) is 20.1. The highest BCUT2D eigenvalue weighted by atomic mass is 32.2. The molecule has 0 atom stereocenters. The van der Waals surface area contributed by atoms with Crippen LogP contribution in [0.25, 0.3) is 0 Å². The summed E-state index contributed by atoms with van der Waals surface area (Å²) in [6.45, 7) is 12.2. The lowest BCUT2D eigenvalue weighted by atomic mass is 10.4. The number of hydrogen-bond acceptors (Lipinski definition) is 4. The molecule has 0 fully saturated rings. The van der Waals surface area contributed by atoms with Crippen molar-refractivity contribution in [3.05, 3.63) is 54.9 Å².